The van der Waals surface area contributed by atoms with Crippen molar-refractivity contribution in [2.75, 3.05) is 6.26 Å². The zero-order valence-corrected chi connectivity index (χ0v) is 17.8. The van der Waals surface area contributed by atoms with Crippen LogP contribution in [0.2, 0.25) is 0 Å². The molecule has 0 spiro atoms. The molecule has 0 N–H and O–H groups in total. The Hall–Kier alpha value is -1.69. The number of rotatable bonds is 4. The van der Waals surface area contributed by atoms with Crippen LogP contribution >= 0.6 is 6.89 Å². The van der Waals surface area contributed by atoms with Crippen LogP contribution in [0.1, 0.15) is 20.8 Å². The first-order valence-corrected chi connectivity index (χ1v) is 12.6. The predicted octanol–water partition coefficient (Wildman–Crippen LogP) is 4.79. The van der Waals surface area contributed by atoms with E-state index in [1.807, 2.05) is 0 Å². The van der Waals surface area contributed by atoms with Gasteiger partial charge in [-0.05, 0) is 36.7 Å². The van der Waals surface area contributed by atoms with Crippen LogP contribution in [0.4, 0.5) is 0 Å². The highest BCUT2D eigenvalue weighted by atomic mass is 32.2. The van der Waals surface area contributed by atoms with Gasteiger partial charge < -0.3 is 0 Å². The Morgan fingerprint density at radius 3 is 1.19 bits per heavy atom. The molecule has 0 aromatic heterocycles. The summed E-state index contributed by atoms with van der Waals surface area (Å²) in [5, 5.41) is 6.98. The highest BCUT2D eigenvalue weighted by Crippen LogP contribution is 2.45. The van der Waals surface area contributed by atoms with Gasteiger partial charge in [0.25, 0.3) is 0 Å². The zero-order valence-electron chi connectivity index (χ0n) is 16.1. The third kappa shape index (κ3) is 3.85. The van der Waals surface area contributed by atoms with E-state index in [1.54, 1.807) is 0 Å². The van der Waals surface area contributed by atoms with Crippen molar-refractivity contribution in [3.8, 4) is 0 Å². The molecule has 0 heterocycles. The third-order valence-electron chi connectivity index (χ3n) is 4.77. The van der Waals surface area contributed by atoms with Crippen molar-refractivity contribution in [3.63, 3.8) is 0 Å². The summed E-state index contributed by atoms with van der Waals surface area (Å²) in [5.74, 6) is 0. The topological polar surface area (TPSA) is 0 Å². The molecule has 0 aliphatic rings. The van der Waals surface area contributed by atoms with Gasteiger partial charge in [0.1, 0.15) is 16.1 Å². The molecule has 0 aliphatic carbocycles. The van der Waals surface area contributed by atoms with E-state index in [9.17, 15) is 0 Å². The Morgan fingerprint density at radius 1 is 0.615 bits per heavy atom. The van der Waals surface area contributed by atoms with Gasteiger partial charge in [0.2, 0.25) is 0 Å². The number of hydrogen-bond acceptors (Lipinski definition) is 0. The maximum absolute atomic E-state index is 2.69. The molecule has 3 aromatic carbocycles. The van der Waals surface area contributed by atoms with Crippen molar-refractivity contribution in [2.45, 2.75) is 25.5 Å². The van der Waals surface area contributed by atoms with Gasteiger partial charge in [-0.1, -0.05) is 91.0 Å². The van der Waals surface area contributed by atoms with Crippen LogP contribution in [0.5, 0.6) is 0 Å². The molecule has 3 rings (SSSR count). The highest BCUT2D eigenvalue weighted by molar-refractivity contribution is 8.21. The summed E-state index contributed by atoms with van der Waals surface area (Å²) in [7, 11) is 0.166. The fraction of sp³-hybridized carbons (Fsp3) is 0.208. The largest absolute Gasteiger partial charge is 0.126 e. The maximum atomic E-state index is 2.69. The molecule has 3 aromatic rings. The quantitative estimate of drug-likeness (QED) is 0.452. The van der Waals surface area contributed by atoms with Crippen LogP contribution in [0.3, 0.4) is 0 Å². The lowest BCUT2D eigenvalue weighted by atomic mass is 10.3. The Balaban J connectivity index is 2.42. The Labute approximate surface area is 161 Å². The van der Waals surface area contributed by atoms with Gasteiger partial charge in [-0.2, -0.15) is 0 Å². The van der Waals surface area contributed by atoms with Gasteiger partial charge in [0.05, 0.1) is 0 Å². The third-order valence-corrected chi connectivity index (χ3v) is 12.6. The van der Waals surface area contributed by atoms with Crippen LogP contribution < -0.4 is 15.9 Å². The lowest BCUT2D eigenvalue weighted by Gasteiger charge is -2.28. The minimum Gasteiger partial charge on any atom is -0.0622 e. The molecule has 0 bridgehead atoms. The van der Waals surface area contributed by atoms with Crippen LogP contribution in [0, 0.1) is 0 Å². The van der Waals surface area contributed by atoms with E-state index in [0.29, 0.717) is 0 Å². The molecular weight excluding hydrogens is 351 g/mol. The van der Waals surface area contributed by atoms with E-state index in [4.69, 9.17) is 0 Å². The second-order valence-corrected chi connectivity index (χ2v) is 13.7. The summed E-state index contributed by atoms with van der Waals surface area (Å²) < 4.78 is 0.254. The van der Waals surface area contributed by atoms with E-state index in [1.165, 1.54) is 15.9 Å². The average molecular weight is 380 g/mol. The molecule has 0 amide bonds. The van der Waals surface area contributed by atoms with Crippen molar-refractivity contribution >= 4 is 38.8 Å². The molecule has 26 heavy (non-hydrogen) atoms. The number of benzene rings is 3. The van der Waals surface area contributed by atoms with Gasteiger partial charge in [0, 0.05) is 17.8 Å². The molecule has 0 saturated heterocycles. The van der Waals surface area contributed by atoms with E-state index in [2.05, 4.69) is 123 Å². The smallest absolute Gasteiger partial charge is 0.0622 e. The van der Waals surface area contributed by atoms with Crippen LogP contribution in [-0.4, -0.2) is 16.1 Å². The van der Waals surface area contributed by atoms with Gasteiger partial charge >= 0.3 is 0 Å². The second-order valence-electron chi connectivity index (χ2n) is 7.50. The molecule has 0 saturated carbocycles. The van der Waals surface area contributed by atoms with E-state index in [0.717, 1.165) is 0 Å². The molecule has 0 radical (unpaired) electrons. The summed E-state index contributed by atoms with van der Waals surface area (Å²) in [6.07, 6.45) is 2.39. The molecule has 2 heteroatoms. The fourth-order valence-electron chi connectivity index (χ4n) is 3.01. The normalized spacial score (nSPS) is 13.2. The predicted molar refractivity (Wildman–Crippen MR) is 124 cm³/mol. The van der Waals surface area contributed by atoms with Crippen molar-refractivity contribution in [1.82, 2.24) is 0 Å². The van der Waals surface area contributed by atoms with Crippen LogP contribution in [0.25, 0.3) is 0 Å². The lowest BCUT2D eigenvalue weighted by Crippen LogP contribution is -2.34. The molecule has 0 fully saturated rings. The molecule has 0 nitrogen and oxygen atoms in total. The Bertz CT molecular complexity index is 774. The van der Waals surface area contributed by atoms with E-state index < -0.39 is 6.89 Å². The molecule has 134 valence electrons. The first kappa shape index (κ1) is 19.1. The standard InChI is InChI=1S/C24H28PS/c1-24(2,3)26(4)20-25(21-14-8-5-9-15-21,22-16-10-6-11-17-22)23-18-12-7-13-19-23/h5-20H,1-4H3/q+1. The molecule has 1 atom stereocenters. The summed E-state index contributed by atoms with van der Waals surface area (Å²) in [4.78, 5) is 0. The minimum absolute atomic E-state index is 0.166. The molecule has 1 unspecified atom stereocenters. The summed E-state index contributed by atoms with van der Waals surface area (Å²) in [6.45, 7) is 5.23. The fourth-order valence-corrected chi connectivity index (χ4v) is 10.5. The number of hydrogen-bond donors (Lipinski definition) is 0. The molecule has 0 aliphatic heterocycles. The van der Waals surface area contributed by atoms with Gasteiger partial charge in [-0.25, -0.2) is 0 Å². The summed E-state index contributed by atoms with van der Waals surface area (Å²) in [6, 6.07) is 33.3. The van der Waals surface area contributed by atoms with Gasteiger partial charge in [-0.3, -0.25) is 0 Å². The van der Waals surface area contributed by atoms with Crippen LogP contribution in [-0.2, 0) is 10.9 Å². The first-order chi connectivity index (χ1) is 12.4. The zero-order chi connectivity index (χ0) is 18.6. The van der Waals surface area contributed by atoms with Crippen molar-refractivity contribution in [1.29, 1.82) is 0 Å². The van der Waals surface area contributed by atoms with Crippen molar-refractivity contribution < 1.29 is 0 Å². The van der Waals surface area contributed by atoms with Gasteiger partial charge in [0.15, 0.2) is 0 Å². The Kier molecular flexibility index (Phi) is 5.80. The van der Waals surface area contributed by atoms with Crippen LogP contribution in [0.15, 0.2) is 91.0 Å². The molecular formula is C24H28PS+. The first-order valence-electron chi connectivity index (χ1n) is 9.01. The average Bonchev–Trinajstić information content (AvgIpc) is 2.67. The SMILES string of the molecule is C[S+](C=P(c1ccccc1)(c1ccccc1)c1ccccc1)C(C)(C)C. The van der Waals surface area contributed by atoms with Crippen molar-refractivity contribution in [2.24, 2.45) is 0 Å². The summed E-state index contributed by atoms with van der Waals surface area (Å²) >= 11 is 0. The minimum atomic E-state index is -1.82. The second kappa shape index (κ2) is 7.91. The maximum Gasteiger partial charge on any atom is 0.126 e. The van der Waals surface area contributed by atoms with E-state index in [-0.39, 0.29) is 15.6 Å². The lowest BCUT2D eigenvalue weighted by molar-refractivity contribution is 0.800. The monoisotopic (exact) mass is 379 g/mol. The Morgan fingerprint density at radius 2 is 0.923 bits per heavy atom. The van der Waals surface area contributed by atoms with Crippen molar-refractivity contribution in [3.05, 3.63) is 91.0 Å². The van der Waals surface area contributed by atoms with Gasteiger partial charge in [-0.15, -0.1) is 0 Å². The highest BCUT2D eigenvalue weighted by Gasteiger charge is 2.35. The van der Waals surface area contributed by atoms with E-state index >= 15 is 0 Å². The summed E-state index contributed by atoms with van der Waals surface area (Å²) in [5.41, 5.74) is 0.